The summed E-state index contributed by atoms with van der Waals surface area (Å²) in [5.41, 5.74) is 0. The van der Waals surface area contributed by atoms with Crippen molar-refractivity contribution in [2.75, 3.05) is 5.88 Å². The first-order valence-electron chi connectivity index (χ1n) is 5.51. The normalized spacial score (nSPS) is 33.4. The average Bonchev–Trinajstić information content (AvgIpc) is 2.15. The molecule has 1 N–H and O–H groups in total. The molecular weight excluding hydrogens is 216 g/mol. The van der Waals surface area contributed by atoms with E-state index in [9.17, 15) is 4.79 Å². The topological polar surface area (TPSA) is 46.5 Å². The number of alkyl halides is 1. The molecule has 0 radical (unpaired) electrons. The van der Waals surface area contributed by atoms with E-state index >= 15 is 0 Å². The lowest BCUT2D eigenvalue weighted by molar-refractivity contribution is -0.00723. The van der Waals surface area contributed by atoms with Crippen LogP contribution in [0.4, 0.5) is 4.79 Å². The molecule has 0 bridgehead atoms. The van der Waals surface area contributed by atoms with Gasteiger partial charge >= 0.3 is 6.16 Å². The summed E-state index contributed by atoms with van der Waals surface area (Å²) < 4.78 is 4.86. The van der Waals surface area contributed by atoms with Crippen LogP contribution in [0.15, 0.2) is 0 Å². The van der Waals surface area contributed by atoms with Crippen LogP contribution in [0.1, 0.15) is 33.1 Å². The Bertz CT molecular complexity index is 210. The highest BCUT2D eigenvalue weighted by Crippen LogP contribution is 2.37. The van der Waals surface area contributed by atoms with Gasteiger partial charge in [-0.15, -0.1) is 11.6 Å². The number of ether oxygens (including phenoxy) is 1. The standard InChI is InChI=1S/C11H19ClO3/c1-7-4-3-5-8(2)10(7)9(6-12)15-11(13)14/h7-10H,3-6H2,1-2H3,(H,13,14). The molecule has 1 rings (SSSR count). The molecule has 0 spiro atoms. The smallest absolute Gasteiger partial charge is 0.450 e. The molecule has 0 aliphatic heterocycles. The van der Waals surface area contributed by atoms with Crippen molar-refractivity contribution in [2.24, 2.45) is 17.8 Å². The highest BCUT2D eigenvalue weighted by atomic mass is 35.5. The molecule has 3 unspecified atom stereocenters. The van der Waals surface area contributed by atoms with E-state index in [0.717, 1.165) is 12.8 Å². The molecule has 1 saturated carbocycles. The Morgan fingerprint density at radius 3 is 2.40 bits per heavy atom. The number of hydrogen-bond acceptors (Lipinski definition) is 2. The Labute approximate surface area is 95.8 Å². The van der Waals surface area contributed by atoms with Crippen molar-refractivity contribution in [3.05, 3.63) is 0 Å². The lowest BCUT2D eigenvalue weighted by Gasteiger charge is -2.38. The predicted molar refractivity (Wildman–Crippen MR) is 59.3 cm³/mol. The van der Waals surface area contributed by atoms with Gasteiger partial charge in [0.2, 0.25) is 0 Å². The molecular formula is C11H19ClO3. The first-order valence-corrected chi connectivity index (χ1v) is 6.05. The number of carboxylic acid groups (broad SMARTS) is 1. The molecule has 0 aromatic heterocycles. The Balaban J connectivity index is 2.66. The Hall–Kier alpha value is -0.440. The van der Waals surface area contributed by atoms with Gasteiger partial charge in [0, 0.05) is 5.92 Å². The van der Waals surface area contributed by atoms with Crippen LogP contribution in [-0.4, -0.2) is 23.2 Å². The third-order valence-corrected chi connectivity index (χ3v) is 3.77. The Kier molecular flexibility index (Phi) is 4.71. The van der Waals surface area contributed by atoms with Crippen molar-refractivity contribution in [3.63, 3.8) is 0 Å². The zero-order valence-corrected chi connectivity index (χ0v) is 10.0. The number of hydrogen-bond donors (Lipinski definition) is 1. The summed E-state index contributed by atoms with van der Waals surface area (Å²) >= 11 is 5.79. The molecule has 0 amide bonds. The van der Waals surface area contributed by atoms with Gasteiger partial charge < -0.3 is 9.84 Å². The maximum atomic E-state index is 10.5. The van der Waals surface area contributed by atoms with Crippen LogP contribution in [-0.2, 0) is 4.74 Å². The summed E-state index contributed by atoms with van der Waals surface area (Å²) in [5, 5.41) is 8.64. The molecule has 1 aliphatic carbocycles. The fraction of sp³-hybridized carbons (Fsp3) is 0.909. The van der Waals surface area contributed by atoms with Crippen LogP contribution in [0.2, 0.25) is 0 Å². The second-order valence-electron chi connectivity index (χ2n) is 4.54. The Morgan fingerprint density at radius 2 is 2.00 bits per heavy atom. The van der Waals surface area contributed by atoms with Gasteiger partial charge in [-0.1, -0.05) is 33.1 Å². The fourth-order valence-electron chi connectivity index (χ4n) is 2.78. The zero-order valence-electron chi connectivity index (χ0n) is 9.28. The minimum atomic E-state index is -1.22. The van der Waals surface area contributed by atoms with E-state index in [1.54, 1.807) is 0 Å². The predicted octanol–water partition coefficient (Wildman–Crippen LogP) is 3.36. The largest absolute Gasteiger partial charge is 0.506 e. The highest BCUT2D eigenvalue weighted by molar-refractivity contribution is 6.18. The van der Waals surface area contributed by atoms with Crippen LogP contribution in [0.25, 0.3) is 0 Å². The second kappa shape index (κ2) is 5.59. The number of rotatable bonds is 3. The minimum absolute atomic E-state index is 0.256. The zero-order chi connectivity index (χ0) is 11.4. The monoisotopic (exact) mass is 234 g/mol. The summed E-state index contributed by atoms with van der Waals surface area (Å²) in [7, 11) is 0. The highest BCUT2D eigenvalue weighted by Gasteiger charge is 2.35. The summed E-state index contributed by atoms with van der Waals surface area (Å²) in [5.74, 6) is 1.52. The molecule has 1 fully saturated rings. The van der Waals surface area contributed by atoms with E-state index < -0.39 is 6.16 Å². The van der Waals surface area contributed by atoms with E-state index in [-0.39, 0.29) is 17.9 Å². The van der Waals surface area contributed by atoms with Crippen LogP contribution in [0.3, 0.4) is 0 Å². The molecule has 1 aliphatic rings. The van der Waals surface area contributed by atoms with E-state index in [4.69, 9.17) is 21.4 Å². The fourth-order valence-corrected chi connectivity index (χ4v) is 3.05. The van der Waals surface area contributed by atoms with Gasteiger partial charge in [-0.2, -0.15) is 0 Å². The second-order valence-corrected chi connectivity index (χ2v) is 4.85. The Morgan fingerprint density at radius 1 is 1.47 bits per heavy atom. The average molecular weight is 235 g/mol. The maximum absolute atomic E-state index is 10.5. The molecule has 3 atom stereocenters. The third kappa shape index (κ3) is 3.26. The lowest BCUT2D eigenvalue weighted by Crippen LogP contribution is -2.38. The van der Waals surface area contributed by atoms with Gasteiger partial charge in [-0.25, -0.2) is 4.79 Å². The van der Waals surface area contributed by atoms with E-state index in [2.05, 4.69) is 13.8 Å². The van der Waals surface area contributed by atoms with E-state index in [0.29, 0.717) is 11.8 Å². The van der Waals surface area contributed by atoms with Crippen LogP contribution >= 0.6 is 11.6 Å². The number of carbonyl (C=O) groups is 1. The van der Waals surface area contributed by atoms with Gasteiger partial charge in [0.1, 0.15) is 6.10 Å². The third-order valence-electron chi connectivity index (χ3n) is 3.47. The minimum Gasteiger partial charge on any atom is -0.450 e. The first-order chi connectivity index (χ1) is 7.06. The summed E-state index contributed by atoms with van der Waals surface area (Å²) in [4.78, 5) is 10.5. The van der Waals surface area contributed by atoms with Crippen molar-refractivity contribution in [1.82, 2.24) is 0 Å². The van der Waals surface area contributed by atoms with E-state index in [1.165, 1.54) is 6.42 Å². The molecule has 4 heteroatoms. The summed E-state index contributed by atoms with van der Waals surface area (Å²) in [6, 6.07) is 0. The SMILES string of the molecule is CC1CCCC(C)C1C(CCl)OC(=O)O. The lowest BCUT2D eigenvalue weighted by atomic mass is 9.71. The van der Waals surface area contributed by atoms with Gasteiger partial charge in [0.25, 0.3) is 0 Å². The van der Waals surface area contributed by atoms with Crippen LogP contribution in [0.5, 0.6) is 0 Å². The number of halogens is 1. The van der Waals surface area contributed by atoms with Gasteiger partial charge in [0.15, 0.2) is 0 Å². The van der Waals surface area contributed by atoms with E-state index in [1.807, 2.05) is 0 Å². The first kappa shape index (κ1) is 12.6. The van der Waals surface area contributed by atoms with Crippen LogP contribution < -0.4 is 0 Å². The molecule has 0 saturated heterocycles. The molecule has 15 heavy (non-hydrogen) atoms. The van der Waals surface area contributed by atoms with Crippen molar-refractivity contribution in [1.29, 1.82) is 0 Å². The maximum Gasteiger partial charge on any atom is 0.506 e. The van der Waals surface area contributed by atoms with Gasteiger partial charge in [-0.3, -0.25) is 0 Å². The molecule has 88 valence electrons. The molecule has 3 nitrogen and oxygen atoms in total. The summed E-state index contributed by atoms with van der Waals surface area (Å²) in [6.45, 7) is 4.32. The quantitative estimate of drug-likeness (QED) is 0.602. The van der Waals surface area contributed by atoms with Gasteiger partial charge in [-0.05, 0) is 11.8 Å². The molecule has 0 aromatic carbocycles. The summed E-state index contributed by atoms with van der Waals surface area (Å²) in [6.07, 6.45) is 1.94. The molecule has 0 heterocycles. The van der Waals surface area contributed by atoms with Crippen molar-refractivity contribution in [3.8, 4) is 0 Å². The van der Waals surface area contributed by atoms with Gasteiger partial charge in [0.05, 0.1) is 5.88 Å². The molecule has 0 aromatic rings. The van der Waals surface area contributed by atoms with Crippen molar-refractivity contribution < 1.29 is 14.6 Å². The van der Waals surface area contributed by atoms with Crippen LogP contribution in [0, 0.1) is 17.8 Å². The van der Waals surface area contributed by atoms with Crippen molar-refractivity contribution in [2.45, 2.75) is 39.2 Å². The van der Waals surface area contributed by atoms with Crippen molar-refractivity contribution >= 4 is 17.8 Å².